The lowest BCUT2D eigenvalue weighted by Crippen LogP contribution is -2.40. The zero-order valence-corrected chi connectivity index (χ0v) is 14.2. The summed E-state index contributed by atoms with van der Waals surface area (Å²) in [6.07, 6.45) is 0. The lowest BCUT2D eigenvalue weighted by molar-refractivity contribution is -0.691. The van der Waals surface area contributed by atoms with Crippen molar-refractivity contribution in [2.24, 2.45) is 0 Å². The van der Waals surface area contributed by atoms with Crippen LogP contribution in [0.4, 0.5) is 0 Å². The summed E-state index contributed by atoms with van der Waals surface area (Å²) in [5.74, 6) is 0.487. The van der Waals surface area contributed by atoms with Gasteiger partial charge in [-0.1, -0.05) is 62.4 Å². The van der Waals surface area contributed by atoms with Gasteiger partial charge in [0.1, 0.15) is 6.54 Å². The summed E-state index contributed by atoms with van der Waals surface area (Å²) < 4.78 is 2.44. The van der Waals surface area contributed by atoms with E-state index in [2.05, 4.69) is 98.1 Å². The van der Waals surface area contributed by atoms with Crippen LogP contribution in [0, 0.1) is 0 Å². The summed E-state index contributed by atoms with van der Waals surface area (Å²) in [5.41, 5.74) is 6.51. The van der Waals surface area contributed by atoms with Crippen molar-refractivity contribution in [1.29, 1.82) is 0 Å². The third kappa shape index (κ3) is 3.19. The molecule has 1 heterocycles. The van der Waals surface area contributed by atoms with E-state index in [1.807, 2.05) is 0 Å². The van der Waals surface area contributed by atoms with Crippen LogP contribution in [0.3, 0.4) is 0 Å². The van der Waals surface area contributed by atoms with Crippen molar-refractivity contribution < 1.29 is 4.57 Å². The molecule has 0 aliphatic carbocycles. The minimum absolute atomic E-state index is 0.487. The van der Waals surface area contributed by atoms with Crippen LogP contribution in [0.5, 0.6) is 0 Å². The van der Waals surface area contributed by atoms with Gasteiger partial charge in [0.2, 0.25) is 5.69 Å². The Balaban J connectivity index is 2.26. The summed E-state index contributed by atoms with van der Waals surface area (Å²) in [6, 6.07) is 26.0. The Morgan fingerprint density at radius 3 is 1.83 bits per heavy atom. The van der Waals surface area contributed by atoms with Gasteiger partial charge in [0.25, 0.3) is 0 Å². The summed E-state index contributed by atoms with van der Waals surface area (Å²) in [5, 5.41) is 0. The van der Waals surface area contributed by atoms with Gasteiger partial charge in [-0.3, -0.25) is 0 Å². The van der Waals surface area contributed by atoms with E-state index >= 15 is 0 Å². The van der Waals surface area contributed by atoms with E-state index < -0.39 is 0 Å². The first-order valence-corrected chi connectivity index (χ1v) is 8.39. The van der Waals surface area contributed by atoms with Gasteiger partial charge in [0, 0.05) is 23.6 Å². The van der Waals surface area contributed by atoms with Crippen LogP contribution in [-0.2, 0) is 6.54 Å². The first-order valence-electron chi connectivity index (χ1n) is 8.39. The lowest BCUT2D eigenvalue weighted by atomic mass is 9.98. The van der Waals surface area contributed by atoms with Crippen LogP contribution in [-0.4, -0.2) is 0 Å². The molecule has 116 valence electrons. The molecule has 3 aromatic rings. The third-order valence-corrected chi connectivity index (χ3v) is 4.28. The Kier molecular flexibility index (Phi) is 4.57. The van der Waals surface area contributed by atoms with E-state index in [4.69, 9.17) is 0 Å². The molecule has 0 radical (unpaired) electrons. The standard InChI is InChI=1S/C22H24N/c1-4-23-21(17(2)3)15-20(18-11-7-5-8-12-18)16-22(23)19-13-9-6-10-14-19/h5-17H,4H2,1-3H3/q+1. The molecule has 2 aromatic carbocycles. The molecule has 23 heavy (non-hydrogen) atoms. The predicted molar refractivity (Wildman–Crippen MR) is 97.3 cm³/mol. The van der Waals surface area contributed by atoms with Crippen LogP contribution in [0.15, 0.2) is 72.8 Å². The number of benzene rings is 2. The van der Waals surface area contributed by atoms with Gasteiger partial charge in [0.15, 0.2) is 5.69 Å². The van der Waals surface area contributed by atoms with Crippen LogP contribution in [0.1, 0.15) is 32.4 Å². The molecule has 0 unspecified atom stereocenters. The Morgan fingerprint density at radius 1 is 0.739 bits per heavy atom. The number of nitrogens with zero attached hydrogens (tertiary/aromatic N) is 1. The van der Waals surface area contributed by atoms with Crippen LogP contribution in [0.2, 0.25) is 0 Å². The molecular weight excluding hydrogens is 278 g/mol. The van der Waals surface area contributed by atoms with Crippen molar-refractivity contribution in [3.05, 3.63) is 78.5 Å². The maximum absolute atomic E-state index is 2.44. The van der Waals surface area contributed by atoms with Crippen molar-refractivity contribution in [2.45, 2.75) is 33.2 Å². The van der Waals surface area contributed by atoms with Crippen LogP contribution in [0.25, 0.3) is 22.4 Å². The fourth-order valence-corrected chi connectivity index (χ4v) is 3.12. The van der Waals surface area contributed by atoms with E-state index in [1.54, 1.807) is 0 Å². The van der Waals surface area contributed by atoms with Crippen LogP contribution >= 0.6 is 0 Å². The first-order chi connectivity index (χ1) is 11.2. The molecule has 0 saturated carbocycles. The second-order valence-electron chi connectivity index (χ2n) is 6.19. The Bertz CT molecular complexity index is 774. The molecule has 0 N–H and O–H groups in total. The second-order valence-corrected chi connectivity index (χ2v) is 6.19. The monoisotopic (exact) mass is 302 g/mol. The first kappa shape index (κ1) is 15.5. The van der Waals surface area contributed by atoms with Crippen molar-refractivity contribution in [3.63, 3.8) is 0 Å². The van der Waals surface area contributed by atoms with Gasteiger partial charge in [-0.25, -0.2) is 0 Å². The molecular formula is C22H24N+. The van der Waals surface area contributed by atoms with E-state index in [0.717, 1.165) is 6.54 Å². The van der Waals surface area contributed by atoms with Crippen molar-refractivity contribution >= 4 is 0 Å². The van der Waals surface area contributed by atoms with Crippen molar-refractivity contribution in [2.75, 3.05) is 0 Å². The summed E-state index contributed by atoms with van der Waals surface area (Å²) in [6.45, 7) is 7.74. The number of hydrogen-bond acceptors (Lipinski definition) is 0. The third-order valence-electron chi connectivity index (χ3n) is 4.28. The molecule has 3 rings (SSSR count). The van der Waals surface area contributed by atoms with Crippen LogP contribution < -0.4 is 4.57 Å². The lowest BCUT2D eigenvalue weighted by Gasteiger charge is -2.13. The fourth-order valence-electron chi connectivity index (χ4n) is 3.12. The van der Waals surface area contributed by atoms with Gasteiger partial charge >= 0.3 is 0 Å². The quantitative estimate of drug-likeness (QED) is 0.564. The van der Waals surface area contributed by atoms with Gasteiger partial charge in [-0.2, -0.15) is 4.57 Å². The Labute approximate surface area is 139 Å². The van der Waals surface area contributed by atoms with Gasteiger partial charge in [-0.15, -0.1) is 0 Å². The van der Waals surface area contributed by atoms with E-state index in [1.165, 1.54) is 28.1 Å². The van der Waals surface area contributed by atoms with Gasteiger partial charge in [-0.05, 0) is 30.2 Å². The second kappa shape index (κ2) is 6.78. The minimum atomic E-state index is 0.487. The maximum atomic E-state index is 2.44. The minimum Gasteiger partial charge on any atom is -0.196 e. The number of aromatic nitrogens is 1. The molecule has 0 saturated heterocycles. The van der Waals surface area contributed by atoms with Gasteiger partial charge in [0.05, 0.1) is 0 Å². The van der Waals surface area contributed by atoms with Crippen molar-refractivity contribution in [3.8, 4) is 22.4 Å². The molecule has 1 aromatic heterocycles. The molecule has 1 heteroatoms. The normalized spacial score (nSPS) is 11.0. The fraction of sp³-hybridized carbons (Fsp3) is 0.227. The molecule has 1 nitrogen and oxygen atoms in total. The molecule has 0 amide bonds. The highest BCUT2D eigenvalue weighted by molar-refractivity contribution is 5.69. The highest BCUT2D eigenvalue weighted by atomic mass is 15.0. The highest BCUT2D eigenvalue weighted by Crippen LogP contribution is 2.27. The van der Waals surface area contributed by atoms with Crippen molar-refractivity contribution in [1.82, 2.24) is 0 Å². The maximum Gasteiger partial charge on any atom is 0.213 e. The molecule has 0 aliphatic heterocycles. The summed E-state index contributed by atoms with van der Waals surface area (Å²) in [7, 11) is 0. The highest BCUT2D eigenvalue weighted by Gasteiger charge is 2.21. The summed E-state index contributed by atoms with van der Waals surface area (Å²) >= 11 is 0. The zero-order valence-electron chi connectivity index (χ0n) is 14.2. The average Bonchev–Trinajstić information content (AvgIpc) is 2.62. The van der Waals surface area contributed by atoms with E-state index in [0.29, 0.717) is 5.92 Å². The number of pyridine rings is 1. The molecule has 0 bridgehead atoms. The average molecular weight is 302 g/mol. The zero-order chi connectivity index (χ0) is 16.2. The SMILES string of the molecule is CC[n+]1c(-c2ccccc2)cc(-c2ccccc2)cc1C(C)C. The van der Waals surface area contributed by atoms with Gasteiger partial charge < -0.3 is 0 Å². The number of rotatable bonds is 4. The molecule has 0 fully saturated rings. The summed E-state index contributed by atoms with van der Waals surface area (Å²) in [4.78, 5) is 0. The molecule has 0 atom stereocenters. The molecule has 0 spiro atoms. The predicted octanol–water partition coefficient (Wildman–Crippen LogP) is 5.45. The Morgan fingerprint density at radius 2 is 1.30 bits per heavy atom. The Hall–Kier alpha value is -2.41. The van der Waals surface area contributed by atoms with E-state index in [9.17, 15) is 0 Å². The largest absolute Gasteiger partial charge is 0.213 e. The topological polar surface area (TPSA) is 3.88 Å². The smallest absolute Gasteiger partial charge is 0.196 e. The molecule has 0 aliphatic rings. The number of hydrogen-bond donors (Lipinski definition) is 0. The van der Waals surface area contributed by atoms with E-state index in [-0.39, 0.29) is 0 Å².